The number of carbonyl (C=O) groups is 1. The van der Waals surface area contributed by atoms with Crippen molar-refractivity contribution in [3.05, 3.63) is 0 Å². The number of hydrogen-bond donors (Lipinski definition) is 2. The molecule has 0 spiro atoms. The second kappa shape index (κ2) is 10.1. The Morgan fingerprint density at radius 1 is 1.50 bits per heavy atom. The van der Waals surface area contributed by atoms with E-state index >= 15 is 0 Å². The van der Waals surface area contributed by atoms with Gasteiger partial charge in [-0.05, 0) is 44.8 Å². The standard InChI is InChI=1S/C15H31N3O2/c1-13(14-5-4-6-16-12-14)11-15(19)17-7-8-18(2)9-10-20-3/h13-14,16H,4-12H2,1-3H3,(H,17,19). The fourth-order valence-electron chi connectivity index (χ4n) is 2.64. The number of hydrogen-bond acceptors (Lipinski definition) is 4. The lowest BCUT2D eigenvalue weighted by atomic mass is 9.85. The highest BCUT2D eigenvalue weighted by Crippen LogP contribution is 2.22. The minimum absolute atomic E-state index is 0.184. The zero-order valence-electron chi connectivity index (χ0n) is 13.3. The molecule has 0 aromatic rings. The molecule has 2 atom stereocenters. The second-order valence-corrected chi connectivity index (χ2v) is 5.93. The van der Waals surface area contributed by atoms with E-state index in [1.54, 1.807) is 7.11 Å². The average molecular weight is 285 g/mol. The van der Waals surface area contributed by atoms with E-state index in [0.29, 0.717) is 24.8 Å². The molecule has 20 heavy (non-hydrogen) atoms. The van der Waals surface area contributed by atoms with Crippen LogP contribution in [0.15, 0.2) is 0 Å². The number of rotatable bonds is 9. The Balaban J connectivity index is 2.09. The van der Waals surface area contributed by atoms with Crippen molar-refractivity contribution in [1.82, 2.24) is 15.5 Å². The van der Waals surface area contributed by atoms with E-state index in [9.17, 15) is 4.79 Å². The smallest absolute Gasteiger partial charge is 0.220 e. The second-order valence-electron chi connectivity index (χ2n) is 5.93. The molecule has 0 bridgehead atoms. The third-order valence-electron chi connectivity index (χ3n) is 4.14. The summed E-state index contributed by atoms with van der Waals surface area (Å²) >= 11 is 0. The Morgan fingerprint density at radius 2 is 2.30 bits per heavy atom. The number of likely N-dealkylation sites (N-methyl/N-ethyl adjacent to an activating group) is 1. The molecule has 0 aliphatic carbocycles. The monoisotopic (exact) mass is 285 g/mol. The molecule has 118 valence electrons. The molecule has 0 radical (unpaired) electrons. The third-order valence-corrected chi connectivity index (χ3v) is 4.14. The summed E-state index contributed by atoms with van der Waals surface area (Å²) in [4.78, 5) is 14.1. The Morgan fingerprint density at radius 3 is 2.95 bits per heavy atom. The first kappa shape index (κ1) is 17.4. The van der Waals surface area contributed by atoms with Crippen LogP contribution in [0.1, 0.15) is 26.2 Å². The molecule has 5 nitrogen and oxygen atoms in total. The normalized spacial score (nSPS) is 20.9. The molecule has 0 aromatic carbocycles. The lowest BCUT2D eigenvalue weighted by Crippen LogP contribution is -2.37. The molecule has 2 N–H and O–H groups in total. The maximum Gasteiger partial charge on any atom is 0.220 e. The molecule has 1 aliphatic heterocycles. The van der Waals surface area contributed by atoms with Crippen LogP contribution < -0.4 is 10.6 Å². The Hall–Kier alpha value is -0.650. The van der Waals surface area contributed by atoms with Crippen LogP contribution in [0, 0.1) is 11.8 Å². The van der Waals surface area contributed by atoms with Gasteiger partial charge in [0.15, 0.2) is 0 Å². The summed E-state index contributed by atoms with van der Waals surface area (Å²) < 4.78 is 5.02. The first-order valence-electron chi connectivity index (χ1n) is 7.78. The van der Waals surface area contributed by atoms with Crippen LogP contribution >= 0.6 is 0 Å². The topological polar surface area (TPSA) is 53.6 Å². The van der Waals surface area contributed by atoms with Gasteiger partial charge in [0.1, 0.15) is 0 Å². The molecule has 1 fully saturated rings. The highest BCUT2D eigenvalue weighted by atomic mass is 16.5. The third kappa shape index (κ3) is 7.22. The number of ether oxygens (including phenoxy) is 1. The molecule has 5 heteroatoms. The van der Waals surface area contributed by atoms with E-state index in [1.807, 2.05) is 7.05 Å². The number of nitrogens with zero attached hydrogens (tertiary/aromatic N) is 1. The summed E-state index contributed by atoms with van der Waals surface area (Å²) in [5.41, 5.74) is 0. The first-order chi connectivity index (χ1) is 9.63. The number of methoxy groups -OCH3 is 1. The van der Waals surface area contributed by atoms with Gasteiger partial charge in [-0.3, -0.25) is 4.79 Å². The summed E-state index contributed by atoms with van der Waals surface area (Å²) in [7, 11) is 3.75. The SMILES string of the molecule is COCCN(C)CCNC(=O)CC(C)C1CCCNC1. The zero-order valence-corrected chi connectivity index (χ0v) is 13.3. The Labute approximate surface area is 123 Å². The number of amides is 1. The zero-order chi connectivity index (χ0) is 14.8. The summed E-state index contributed by atoms with van der Waals surface area (Å²) in [5, 5.41) is 6.43. The van der Waals surface area contributed by atoms with Crippen LogP contribution in [0.25, 0.3) is 0 Å². The van der Waals surface area contributed by atoms with Gasteiger partial charge < -0.3 is 20.3 Å². The van der Waals surface area contributed by atoms with Crippen molar-refractivity contribution in [2.24, 2.45) is 11.8 Å². The fourth-order valence-corrected chi connectivity index (χ4v) is 2.64. The van der Waals surface area contributed by atoms with Gasteiger partial charge >= 0.3 is 0 Å². The van der Waals surface area contributed by atoms with Crippen LogP contribution in [0.3, 0.4) is 0 Å². The van der Waals surface area contributed by atoms with Gasteiger partial charge in [0.25, 0.3) is 0 Å². The van der Waals surface area contributed by atoms with Gasteiger partial charge in [-0.25, -0.2) is 0 Å². The number of carbonyl (C=O) groups excluding carboxylic acids is 1. The van der Waals surface area contributed by atoms with Crippen molar-refractivity contribution in [1.29, 1.82) is 0 Å². The van der Waals surface area contributed by atoms with Crippen LogP contribution in [0.2, 0.25) is 0 Å². The minimum Gasteiger partial charge on any atom is -0.383 e. The first-order valence-corrected chi connectivity index (χ1v) is 7.78. The van der Waals surface area contributed by atoms with Gasteiger partial charge in [-0.1, -0.05) is 6.92 Å². The van der Waals surface area contributed by atoms with Crippen LogP contribution in [0.4, 0.5) is 0 Å². The molecule has 1 heterocycles. The summed E-state index contributed by atoms with van der Waals surface area (Å²) in [6.07, 6.45) is 3.14. The largest absolute Gasteiger partial charge is 0.383 e. The predicted molar refractivity (Wildman–Crippen MR) is 81.8 cm³/mol. The van der Waals surface area contributed by atoms with E-state index < -0.39 is 0 Å². The fraction of sp³-hybridized carbons (Fsp3) is 0.933. The van der Waals surface area contributed by atoms with Crippen LogP contribution in [-0.4, -0.2) is 64.3 Å². The van der Waals surface area contributed by atoms with Crippen molar-refractivity contribution in [2.45, 2.75) is 26.2 Å². The van der Waals surface area contributed by atoms with Crippen molar-refractivity contribution in [3.63, 3.8) is 0 Å². The molecular weight excluding hydrogens is 254 g/mol. The van der Waals surface area contributed by atoms with Gasteiger partial charge in [0.05, 0.1) is 6.61 Å². The molecular formula is C15H31N3O2. The Bertz CT molecular complexity index is 268. The average Bonchev–Trinajstić information content (AvgIpc) is 2.46. The molecule has 0 saturated carbocycles. The molecule has 2 unspecified atom stereocenters. The highest BCUT2D eigenvalue weighted by Gasteiger charge is 2.21. The van der Waals surface area contributed by atoms with Gasteiger partial charge in [-0.2, -0.15) is 0 Å². The molecule has 1 amide bonds. The molecule has 0 aromatic heterocycles. The quantitative estimate of drug-likeness (QED) is 0.655. The van der Waals surface area contributed by atoms with Gasteiger partial charge in [0, 0.05) is 33.2 Å². The number of piperidine rings is 1. The summed E-state index contributed by atoms with van der Waals surface area (Å²) in [5.74, 6) is 1.30. The lowest BCUT2D eigenvalue weighted by Gasteiger charge is -2.28. The van der Waals surface area contributed by atoms with E-state index in [-0.39, 0.29) is 5.91 Å². The number of nitrogens with one attached hydrogen (secondary N) is 2. The molecule has 1 saturated heterocycles. The van der Waals surface area contributed by atoms with Crippen molar-refractivity contribution < 1.29 is 9.53 Å². The van der Waals surface area contributed by atoms with Gasteiger partial charge in [0.2, 0.25) is 5.91 Å². The van der Waals surface area contributed by atoms with E-state index in [2.05, 4.69) is 22.5 Å². The van der Waals surface area contributed by atoms with Crippen LogP contribution in [-0.2, 0) is 9.53 Å². The van der Waals surface area contributed by atoms with Crippen molar-refractivity contribution >= 4 is 5.91 Å². The van der Waals surface area contributed by atoms with Crippen molar-refractivity contribution in [3.8, 4) is 0 Å². The van der Waals surface area contributed by atoms with E-state index in [0.717, 1.165) is 32.8 Å². The van der Waals surface area contributed by atoms with Crippen LogP contribution in [0.5, 0.6) is 0 Å². The van der Waals surface area contributed by atoms with Crippen molar-refractivity contribution in [2.75, 3.05) is 53.5 Å². The summed E-state index contributed by atoms with van der Waals surface area (Å²) in [6, 6.07) is 0. The maximum absolute atomic E-state index is 11.9. The highest BCUT2D eigenvalue weighted by molar-refractivity contribution is 5.76. The maximum atomic E-state index is 11.9. The molecule has 1 rings (SSSR count). The summed E-state index contributed by atoms with van der Waals surface area (Å²) in [6.45, 7) is 7.61. The minimum atomic E-state index is 0.184. The predicted octanol–water partition coefficient (Wildman–Crippen LogP) is 0.707. The molecule has 1 aliphatic rings. The lowest BCUT2D eigenvalue weighted by molar-refractivity contribution is -0.122. The van der Waals surface area contributed by atoms with E-state index in [4.69, 9.17) is 4.74 Å². The Kier molecular flexibility index (Phi) is 8.82. The van der Waals surface area contributed by atoms with E-state index in [1.165, 1.54) is 12.8 Å². The van der Waals surface area contributed by atoms with Gasteiger partial charge in [-0.15, -0.1) is 0 Å².